The number of hydrogen-bond acceptors (Lipinski definition) is 5. The molecule has 140 valence electrons. The third-order valence-electron chi connectivity index (χ3n) is 4.07. The van der Waals surface area contributed by atoms with E-state index in [2.05, 4.69) is 4.72 Å². The van der Waals surface area contributed by atoms with Gasteiger partial charge in [-0.2, -0.15) is 0 Å². The number of ketones is 1. The maximum atomic E-state index is 12.8. The number of carbonyl (C=O) groups is 1. The lowest BCUT2D eigenvalue weighted by atomic mass is 10.1. The van der Waals surface area contributed by atoms with Gasteiger partial charge in [-0.1, -0.05) is 19.1 Å². The predicted octanol–water partition coefficient (Wildman–Crippen LogP) is 4.35. The number of benzene rings is 2. The Morgan fingerprint density at radius 2 is 1.85 bits per heavy atom. The van der Waals surface area contributed by atoms with Gasteiger partial charge in [0.15, 0.2) is 0 Å². The monoisotopic (exact) mass is 401 g/mol. The number of methoxy groups -OCH3 is 1. The average Bonchev–Trinajstić information content (AvgIpc) is 3.22. The van der Waals surface area contributed by atoms with Gasteiger partial charge in [-0.3, -0.25) is 9.52 Å². The number of carbonyl (C=O) groups excluding carboxylic acids is 1. The molecule has 0 fully saturated rings. The second kappa shape index (κ2) is 7.94. The van der Waals surface area contributed by atoms with E-state index in [-0.39, 0.29) is 16.4 Å². The zero-order valence-electron chi connectivity index (χ0n) is 14.9. The minimum atomic E-state index is -3.82. The second-order valence-corrected chi connectivity index (χ2v) is 8.43. The zero-order valence-corrected chi connectivity index (χ0v) is 16.6. The first kappa shape index (κ1) is 19.1. The van der Waals surface area contributed by atoms with Crippen LogP contribution in [0.25, 0.3) is 0 Å². The molecule has 2 aromatic carbocycles. The maximum Gasteiger partial charge on any atom is 0.265 e. The van der Waals surface area contributed by atoms with Crippen molar-refractivity contribution in [1.82, 2.24) is 0 Å². The number of hydrogen-bond donors (Lipinski definition) is 1. The van der Waals surface area contributed by atoms with Crippen molar-refractivity contribution in [3.63, 3.8) is 0 Å². The highest BCUT2D eigenvalue weighted by Crippen LogP contribution is 2.27. The molecule has 0 saturated carbocycles. The average molecular weight is 402 g/mol. The fourth-order valence-corrected chi connectivity index (χ4v) is 4.57. The molecule has 0 saturated heterocycles. The van der Waals surface area contributed by atoms with E-state index < -0.39 is 10.0 Å². The number of anilines is 1. The van der Waals surface area contributed by atoms with E-state index in [1.165, 1.54) is 18.4 Å². The molecule has 0 bridgehead atoms. The molecule has 7 heteroatoms. The Bertz CT molecular complexity index is 1040. The lowest BCUT2D eigenvalue weighted by Crippen LogP contribution is -2.14. The summed E-state index contributed by atoms with van der Waals surface area (Å²) in [6.45, 7) is 1.95. The minimum absolute atomic E-state index is 0.0862. The van der Waals surface area contributed by atoms with Crippen LogP contribution in [0.1, 0.15) is 27.7 Å². The molecular formula is C20H19NO4S2. The molecule has 3 rings (SSSR count). The maximum absolute atomic E-state index is 12.8. The standard InChI is InChI=1S/C20H19NO4S2/c1-3-14-6-11-17(25-2)19(13-14)27(23,24)21-16-9-7-15(8-10-16)20(22)18-5-4-12-26-18/h4-13,21H,3H2,1-2H3. The Balaban J connectivity index is 1.85. The van der Waals surface area contributed by atoms with Crippen molar-refractivity contribution in [3.8, 4) is 5.75 Å². The van der Waals surface area contributed by atoms with E-state index in [4.69, 9.17) is 4.74 Å². The van der Waals surface area contributed by atoms with Crippen LogP contribution in [0.5, 0.6) is 5.75 Å². The Kier molecular flexibility index (Phi) is 5.62. The minimum Gasteiger partial charge on any atom is -0.495 e. The summed E-state index contributed by atoms with van der Waals surface area (Å²) in [5.41, 5.74) is 1.78. The van der Waals surface area contributed by atoms with E-state index in [1.807, 2.05) is 24.4 Å². The molecule has 0 radical (unpaired) electrons. The van der Waals surface area contributed by atoms with Crippen LogP contribution in [0, 0.1) is 0 Å². The molecule has 0 aliphatic rings. The Morgan fingerprint density at radius 3 is 2.44 bits per heavy atom. The summed E-state index contributed by atoms with van der Waals surface area (Å²) in [5.74, 6) is 0.195. The summed E-state index contributed by atoms with van der Waals surface area (Å²) >= 11 is 1.37. The van der Waals surface area contributed by atoms with Crippen LogP contribution >= 0.6 is 11.3 Å². The number of sulfonamides is 1. The largest absolute Gasteiger partial charge is 0.495 e. The fourth-order valence-electron chi connectivity index (χ4n) is 2.60. The smallest absolute Gasteiger partial charge is 0.265 e. The number of thiophene rings is 1. The summed E-state index contributed by atoms with van der Waals surface area (Å²) < 4.78 is 33.3. The van der Waals surface area contributed by atoms with E-state index in [0.717, 1.165) is 5.56 Å². The number of ether oxygens (including phenoxy) is 1. The highest BCUT2D eigenvalue weighted by atomic mass is 32.2. The van der Waals surface area contributed by atoms with E-state index in [0.29, 0.717) is 22.5 Å². The normalized spacial score (nSPS) is 11.2. The van der Waals surface area contributed by atoms with Crippen molar-refractivity contribution in [1.29, 1.82) is 0 Å². The van der Waals surface area contributed by atoms with Gasteiger partial charge in [0.05, 0.1) is 12.0 Å². The van der Waals surface area contributed by atoms with Gasteiger partial charge in [0, 0.05) is 11.3 Å². The third-order valence-corrected chi connectivity index (χ3v) is 6.34. The molecule has 0 aliphatic carbocycles. The molecule has 5 nitrogen and oxygen atoms in total. The zero-order chi connectivity index (χ0) is 19.4. The van der Waals surface area contributed by atoms with Crippen LogP contribution in [-0.4, -0.2) is 21.3 Å². The van der Waals surface area contributed by atoms with Crippen molar-refractivity contribution < 1.29 is 17.9 Å². The van der Waals surface area contributed by atoms with Crippen molar-refractivity contribution >= 4 is 32.8 Å². The fraction of sp³-hybridized carbons (Fsp3) is 0.150. The van der Waals surface area contributed by atoms with Crippen LogP contribution in [0.3, 0.4) is 0 Å². The first-order valence-corrected chi connectivity index (χ1v) is 10.7. The van der Waals surface area contributed by atoms with Gasteiger partial charge in [0.2, 0.25) is 5.78 Å². The van der Waals surface area contributed by atoms with Crippen LogP contribution in [0.2, 0.25) is 0 Å². The van der Waals surface area contributed by atoms with Gasteiger partial charge >= 0.3 is 0 Å². The number of rotatable bonds is 7. The Morgan fingerprint density at radius 1 is 1.11 bits per heavy atom. The SMILES string of the molecule is CCc1ccc(OC)c(S(=O)(=O)Nc2ccc(C(=O)c3cccs3)cc2)c1. The number of nitrogens with one attached hydrogen (secondary N) is 1. The summed E-state index contributed by atoms with van der Waals surface area (Å²) in [6.07, 6.45) is 0.714. The number of aryl methyl sites for hydroxylation is 1. The first-order chi connectivity index (χ1) is 12.9. The molecule has 1 aromatic heterocycles. The predicted molar refractivity (Wildman–Crippen MR) is 107 cm³/mol. The first-order valence-electron chi connectivity index (χ1n) is 8.32. The lowest BCUT2D eigenvalue weighted by molar-refractivity contribution is 0.104. The molecule has 1 N–H and O–H groups in total. The third kappa shape index (κ3) is 4.20. The van der Waals surface area contributed by atoms with Gasteiger partial charge in [-0.05, 0) is 59.8 Å². The molecule has 0 aliphatic heterocycles. The van der Waals surface area contributed by atoms with Crippen LogP contribution in [-0.2, 0) is 16.4 Å². The molecule has 3 aromatic rings. The van der Waals surface area contributed by atoms with E-state index >= 15 is 0 Å². The van der Waals surface area contributed by atoms with E-state index in [9.17, 15) is 13.2 Å². The van der Waals surface area contributed by atoms with Gasteiger partial charge in [-0.25, -0.2) is 8.42 Å². The van der Waals surface area contributed by atoms with Crippen LogP contribution in [0.15, 0.2) is 64.9 Å². The van der Waals surface area contributed by atoms with Crippen molar-refractivity contribution in [2.24, 2.45) is 0 Å². The summed E-state index contributed by atoms with van der Waals surface area (Å²) in [6, 6.07) is 15.0. The highest BCUT2D eigenvalue weighted by Gasteiger charge is 2.20. The Labute approximate surface area is 162 Å². The van der Waals surface area contributed by atoms with Gasteiger partial charge in [-0.15, -0.1) is 11.3 Å². The molecular weight excluding hydrogens is 382 g/mol. The Hall–Kier alpha value is -2.64. The molecule has 1 heterocycles. The molecule has 0 spiro atoms. The lowest BCUT2D eigenvalue weighted by Gasteiger charge is -2.13. The quantitative estimate of drug-likeness (QED) is 0.598. The van der Waals surface area contributed by atoms with Gasteiger partial charge in [0.1, 0.15) is 10.6 Å². The van der Waals surface area contributed by atoms with Crippen LogP contribution < -0.4 is 9.46 Å². The van der Waals surface area contributed by atoms with E-state index in [1.54, 1.807) is 42.5 Å². The van der Waals surface area contributed by atoms with Crippen molar-refractivity contribution in [2.45, 2.75) is 18.2 Å². The van der Waals surface area contributed by atoms with Crippen molar-refractivity contribution in [3.05, 3.63) is 76.0 Å². The molecule has 0 atom stereocenters. The van der Waals surface area contributed by atoms with Gasteiger partial charge < -0.3 is 4.74 Å². The van der Waals surface area contributed by atoms with Crippen molar-refractivity contribution in [2.75, 3.05) is 11.8 Å². The topological polar surface area (TPSA) is 72.5 Å². The second-order valence-electron chi connectivity index (χ2n) is 5.83. The highest BCUT2D eigenvalue weighted by molar-refractivity contribution is 7.92. The summed E-state index contributed by atoms with van der Waals surface area (Å²) in [5, 5.41) is 1.84. The molecule has 0 unspecified atom stereocenters. The van der Waals surface area contributed by atoms with Crippen LogP contribution in [0.4, 0.5) is 5.69 Å². The molecule has 0 amide bonds. The van der Waals surface area contributed by atoms with Gasteiger partial charge in [0.25, 0.3) is 10.0 Å². The summed E-state index contributed by atoms with van der Waals surface area (Å²) in [7, 11) is -2.39. The summed E-state index contributed by atoms with van der Waals surface area (Å²) in [4.78, 5) is 13.1. The molecule has 27 heavy (non-hydrogen) atoms.